The minimum absolute atomic E-state index is 0.0464. The number of amides is 5. The Morgan fingerprint density at radius 2 is 1.65 bits per heavy atom. The molecule has 17 nitrogen and oxygen atoms in total. The number of nitrogens with one attached hydrogen (secondary N) is 2. The van der Waals surface area contributed by atoms with E-state index < -0.39 is 29.7 Å². The highest BCUT2D eigenvalue weighted by Crippen LogP contribution is 2.38. The first-order valence-corrected chi connectivity index (χ1v) is 18.5. The minimum atomic E-state index is -1.02. The highest BCUT2D eigenvalue weighted by molar-refractivity contribution is 6.23. The number of anilines is 1. The first-order valence-electron chi connectivity index (χ1n) is 18.5. The van der Waals surface area contributed by atoms with Crippen LogP contribution in [0.2, 0.25) is 0 Å². The van der Waals surface area contributed by atoms with Gasteiger partial charge in [-0.1, -0.05) is 0 Å². The van der Waals surface area contributed by atoms with Crippen LogP contribution in [0.1, 0.15) is 63.1 Å². The second-order valence-corrected chi connectivity index (χ2v) is 14.0. The lowest BCUT2D eigenvalue weighted by Gasteiger charge is -2.30. The van der Waals surface area contributed by atoms with Gasteiger partial charge in [0.2, 0.25) is 17.7 Å². The maximum absolute atomic E-state index is 13.3. The van der Waals surface area contributed by atoms with Crippen molar-refractivity contribution < 1.29 is 48.1 Å². The Labute approximate surface area is 329 Å². The van der Waals surface area contributed by atoms with E-state index in [0.717, 1.165) is 27.2 Å². The fourth-order valence-electron chi connectivity index (χ4n) is 7.31. The summed E-state index contributed by atoms with van der Waals surface area (Å²) < 4.78 is 18.8. The average molecular weight is 789 g/mol. The van der Waals surface area contributed by atoms with Crippen LogP contribution in [0.25, 0.3) is 11.1 Å². The number of pyridine rings is 1. The molecule has 0 radical (unpaired) electrons. The molecule has 0 spiro atoms. The summed E-state index contributed by atoms with van der Waals surface area (Å²) in [4.78, 5) is 89.5. The molecule has 3 aromatic rings. The number of methoxy groups -OCH3 is 2. The molecule has 0 aliphatic carbocycles. The van der Waals surface area contributed by atoms with E-state index >= 15 is 0 Å². The number of ether oxygens (including phenoxy) is 3. The minimum Gasteiger partial charge on any atom is -0.496 e. The van der Waals surface area contributed by atoms with E-state index in [1.165, 1.54) is 0 Å². The molecule has 4 heterocycles. The molecule has 17 heteroatoms. The van der Waals surface area contributed by atoms with Crippen LogP contribution in [0.5, 0.6) is 11.5 Å². The zero-order valence-electron chi connectivity index (χ0n) is 32.7. The molecule has 1 atom stereocenters. The van der Waals surface area contributed by atoms with Crippen LogP contribution in [0, 0.1) is 0 Å². The van der Waals surface area contributed by atoms with Crippen molar-refractivity contribution in [1.82, 2.24) is 24.6 Å². The average Bonchev–Trinajstić information content (AvgIpc) is 3.43. The summed E-state index contributed by atoms with van der Waals surface area (Å²) in [6.07, 6.45) is 3.31. The SMILES string of the molecule is COc1cc(-c2cn(C)c(=O)c3c2CCN(C(=O)CCCOCCNc2ccc4c(c2)C(=O)N(C2CCC(=O)NC2=O)C4=O)C3)cc(OC)c1CN(C)C.O=CO. The molecule has 1 fully saturated rings. The number of aryl methyl sites for hydroxylation is 1. The lowest BCUT2D eigenvalue weighted by molar-refractivity contribution is -0.136. The lowest BCUT2D eigenvalue weighted by Crippen LogP contribution is -2.54. The van der Waals surface area contributed by atoms with Gasteiger partial charge in [-0.05, 0) is 74.8 Å². The molecule has 6 rings (SSSR count). The van der Waals surface area contributed by atoms with E-state index in [2.05, 4.69) is 10.6 Å². The Bertz CT molecular complexity index is 2090. The largest absolute Gasteiger partial charge is 0.496 e. The van der Waals surface area contributed by atoms with E-state index in [1.54, 1.807) is 48.9 Å². The standard InChI is InChI=1S/C39H46N6O9.CH2O2/c1-42(2)20-30-32(52-4)17-23(18-33(30)53-5)28-21-43(3)37(49)29-22-44(14-12-25(28)29)35(47)7-6-15-54-16-13-40-24-8-9-26-27(19-24)39(51)45(38(26)50)31-10-11-34(46)41-36(31)48;2-1-3/h8-9,17-19,21,31,40H,6-7,10-16,20,22H2,1-5H3,(H,41,46,48);1H,(H,2,3). The molecule has 1 unspecified atom stereocenters. The van der Waals surface area contributed by atoms with Crippen LogP contribution in [-0.4, -0.2) is 121 Å². The molecule has 3 N–H and O–H groups in total. The number of carbonyl (C=O) groups is 6. The van der Waals surface area contributed by atoms with Gasteiger partial charge in [0.25, 0.3) is 23.8 Å². The number of hydrogen-bond donors (Lipinski definition) is 3. The summed E-state index contributed by atoms with van der Waals surface area (Å²) in [7, 11) is 8.94. The van der Waals surface area contributed by atoms with Gasteiger partial charge in [0, 0.05) is 69.1 Å². The molecular weight excluding hydrogens is 740 g/mol. The molecule has 0 saturated carbocycles. The van der Waals surface area contributed by atoms with Crippen molar-refractivity contribution in [3.8, 4) is 22.6 Å². The fourth-order valence-corrected chi connectivity index (χ4v) is 7.31. The molecule has 5 amide bonds. The third-order valence-corrected chi connectivity index (χ3v) is 10.0. The Morgan fingerprint density at radius 3 is 2.30 bits per heavy atom. The number of rotatable bonds is 14. The summed E-state index contributed by atoms with van der Waals surface area (Å²) in [5.74, 6) is -0.855. The smallest absolute Gasteiger partial charge is 0.290 e. The van der Waals surface area contributed by atoms with Gasteiger partial charge < -0.3 is 39.0 Å². The number of hydrogen-bond acceptors (Lipinski definition) is 12. The third-order valence-electron chi connectivity index (χ3n) is 10.0. The number of aromatic nitrogens is 1. The Hall–Kier alpha value is -6.07. The Morgan fingerprint density at radius 1 is 0.965 bits per heavy atom. The van der Waals surface area contributed by atoms with Crippen molar-refractivity contribution in [3.63, 3.8) is 0 Å². The van der Waals surface area contributed by atoms with Crippen molar-refractivity contribution in [2.24, 2.45) is 7.05 Å². The van der Waals surface area contributed by atoms with Crippen molar-refractivity contribution in [1.29, 1.82) is 0 Å². The number of carboxylic acid groups (broad SMARTS) is 1. The maximum Gasteiger partial charge on any atom is 0.290 e. The number of piperidine rings is 1. The van der Waals surface area contributed by atoms with Gasteiger partial charge >= 0.3 is 0 Å². The molecule has 2 aromatic carbocycles. The summed E-state index contributed by atoms with van der Waals surface area (Å²) in [5.41, 5.74) is 5.13. The number of fused-ring (bicyclic) bond motifs is 2. The second-order valence-electron chi connectivity index (χ2n) is 14.0. The van der Waals surface area contributed by atoms with E-state index in [9.17, 15) is 28.8 Å². The lowest BCUT2D eigenvalue weighted by atomic mass is 9.91. The van der Waals surface area contributed by atoms with Gasteiger partial charge in [-0.2, -0.15) is 0 Å². The first-order chi connectivity index (χ1) is 27.3. The van der Waals surface area contributed by atoms with Crippen LogP contribution in [0.15, 0.2) is 41.3 Å². The summed E-state index contributed by atoms with van der Waals surface area (Å²) in [6.45, 7) is 2.21. The van der Waals surface area contributed by atoms with Gasteiger partial charge in [-0.15, -0.1) is 0 Å². The van der Waals surface area contributed by atoms with Crippen molar-refractivity contribution in [2.75, 3.05) is 59.9 Å². The topological polar surface area (TPSA) is 206 Å². The van der Waals surface area contributed by atoms with Crippen LogP contribution < -0.4 is 25.7 Å². The molecule has 0 bridgehead atoms. The highest BCUT2D eigenvalue weighted by Gasteiger charge is 2.44. The molecule has 57 heavy (non-hydrogen) atoms. The van der Waals surface area contributed by atoms with Gasteiger partial charge in [0.15, 0.2) is 0 Å². The molecule has 3 aliphatic rings. The Kier molecular flexibility index (Phi) is 13.8. The quantitative estimate of drug-likeness (QED) is 0.122. The molecule has 1 saturated heterocycles. The summed E-state index contributed by atoms with van der Waals surface area (Å²) >= 11 is 0. The predicted octanol–water partition coefficient (Wildman–Crippen LogP) is 2.03. The van der Waals surface area contributed by atoms with Gasteiger partial charge in [-0.25, -0.2) is 0 Å². The van der Waals surface area contributed by atoms with Crippen LogP contribution in [0.4, 0.5) is 5.69 Å². The van der Waals surface area contributed by atoms with E-state index in [1.807, 2.05) is 37.3 Å². The number of imide groups is 2. The van der Waals surface area contributed by atoms with Gasteiger partial charge in [0.05, 0.1) is 44.1 Å². The van der Waals surface area contributed by atoms with Crippen molar-refractivity contribution in [2.45, 2.75) is 51.2 Å². The highest BCUT2D eigenvalue weighted by atomic mass is 16.5. The monoisotopic (exact) mass is 788 g/mol. The molecular formula is C40H48N6O11. The summed E-state index contributed by atoms with van der Waals surface area (Å²) in [5, 5.41) is 12.3. The predicted molar refractivity (Wildman–Crippen MR) is 207 cm³/mol. The maximum atomic E-state index is 13.3. The van der Waals surface area contributed by atoms with Crippen LogP contribution >= 0.6 is 0 Å². The van der Waals surface area contributed by atoms with E-state index in [-0.39, 0.29) is 54.9 Å². The van der Waals surface area contributed by atoms with Crippen LogP contribution in [0.3, 0.4) is 0 Å². The van der Waals surface area contributed by atoms with Gasteiger partial charge in [-0.3, -0.25) is 43.8 Å². The number of nitrogens with zero attached hydrogens (tertiary/aromatic N) is 4. The summed E-state index contributed by atoms with van der Waals surface area (Å²) in [6, 6.07) is 7.73. The van der Waals surface area contributed by atoms with E-state index in [4.69, 9.17) is 24.1 Å². The normalized spacial score (nSPS) is 16.1. The van der Waals surface area contributed by atoms with Crippen molar-refractivity contribution in [3.05, 3.63) is 74.7 Å². The third kappa shape index (κ3) is 9.32. The molecule has 304 valence electrons. The number of benzene rings is 2. The van der Waals surface area contributed by atoms with Crippen LogP contribution in [-0.2, 0) is 50.5 Å². The fraction of sp³-hybridized carbons (Fsp3) is 0.425. The zero-order chi connectivity index (χ0) is 41.4. The number of carbonyl (C=O) groups excluding carboxylic acids is 5. The van der Waals surface area contributed by atoms with E-state index in [0.29, 0.717) is 68.4 Å². The van der Waals surface area contributed by atoms with Gasteiger partial charge in [0.1, 0.15) is 17.5 Å². The Balaban J connectivity index is 0.00000200. The first kappa shape index (κ1) is 42.1. The molecule has 3 aliphatic heterocycles. The second kappa shape index (κ2) is 18.7. The zero-order valence-corrected chi connectivity index (χ0v) is 32.7. The van der Waals surface area contributed by atoms with Crippen molar-refractivity contribution >= 4 is 41.7 Å². The molecule has 1 aromatic heterocycles.